The SMILES string of the molecule is C1=CCCC=CCC1.CC(=O)CC(C)=O.[Ir]. The molecule has 0 atom stereocenters. The topological polar surface area (TPSA) is 34.1 Å². The number of rotatable bonds is 2. The Hall–Kier alpha value is -0.531. The van der Waals surface area contributed by atoms with E-state index < -0.39 is 0 Å². The molecule has 0 aromatic carbocycles. The summed E-state index contributed by atoms with van der Waals surface area (Å²) in [5, 5.41) is 0. The van der Waals surface area contributed by atoms with Crippen LogP contribution in [-0.4, -0.2) is 11.6 Å². The van der Waals surface area contributed by atoms with Gasteiger partial charge in [0.2, 0.25) is 0 Å². The van der Waals surface area contributed by atoms with Crippen LogP contribution in [0.5, 0.6) is 0 Å². The maximum Gasteiger partial charge on any atom is 0.137 e. The van der Waals surface area contributed by atoms with Crippen molar-refractivity contribution in [2.45, 2.75) is 46.0 Å². The molecule has 2 nitrogen and oxygen atoms in total. The fraction of sp³-hybridized carbons (Fsp3) is 0.538. The average Bonchev–Trinajstić information content (AvgIpc) is 1.99. The Morgan fingerprint density at radius 3 is 1.19 bits per heavy atom. The predicted molar refractivity (Wildman–Crippen MR) is 62.7 cm³/mol. The summed E-state index contributed by atoms with van der Waals surface area (Å²) in [6.45, 7) is 2.81. The third-order valence-corrected chi connectivity index (χ3v) is 1.83. The number of hydrogen-bond donors (Lipinski definition) is 0. The maximum absolute atomic E-state index is 10.0. The smallest absolute Gasteiger partial charge is 0.137 e. The third kappa shape index (κ3) is 15.9. The van der Waals surface area contributed by atoms with Gasteiger partial charge >= 0.3 is 0 Å². The van der Waals surface area contributed by atoms with Gasteiger partial charge in [0, 0.05) is 20.1 Å². The van der Waals surface area contributed by atoms with Gasteiger partial charge in [-0.1, -0.05) is 24.3 Å². The van der Waals surface area contributed by atoms with Crippen LogP contribution in [0.2, 0.25) is 0 Å². The van der Waals surface area contributed by atoms with Gasteiger partial charge in [0.25, 0.3) is 0 Å². The van der Waals surface area contributed by atoms with Gasteiger partial charge in [-0.2, -0.15) is 0 Å². The number of allylic oxidation sites excluding steroid dienone is 4. The Balaban J connectivity index is 0. The molecule has 1 radical (unpaired) electrons. The quantitative estimate of drug-likeness (QED) is 0.527. The van der Waals surface area contributed by atoms with Crippen LogP contribution in [0, 0.1) is 0 Å². The molecule has 0 amide bonds. The number of ketones is 2. The van der Waals surface area contributed by atoms with Crippen LogP contribution in [0.25, 0.3) is 0 Å². The second-order valence-corrected chi connectivity index (χ2v) is 3.68. The molecule has 0 N–H and O–H groups in total. The van der Waals surface area contributed by atoms with E-state index in [0.29, 0.717) is 0 Å². The van der Waals surface area contributed by atoms with Gasteiger partial charge < -0.3 is 0 Å². The van der Waals surface area contributed by atoms with Crippen molar-refractivity contribution < 1.29 is 29.7 Å². The Morgan fingerprint density at radius 2 is 1.06 bits per heavy atom. The van der Waals surface area contributed by atoms with Crippen LogP contribution in [0.3, 0.4) is 0 Å². The van der Waals surface area contributed by atoms with Gasteiger partial charge in [-0.15, -0.1) is 0 Å². The van der Waals surface area contributed by atoms with E-state index in [0.717, 1.165) is 0 Å². The standard InChI is InChI=1S/C8H12.C5H8O2.Ir/c1-2-4-6-8-7-5-3-1;1-4(6)3-5(2)7;/h1-2,7-8H,3-6H2;3H2,1-2H3;. The Morgan fingerprint density at radius 1 is 0.812 bits per heavy atom. The summed E-state index contributed by atoms with van der Waals surface area (Å²) in [5.74, 6) is -0.125. The third-order valence-electron chi connectivity index (χ3n) is 1.83. The first-order valence-electron chi connectivity index (χ1n) is 5.42. The summed E-state index contributed by atoms with van der Waals surface area (Å²) < 4.78 is 0. The minimum absolute atomic E-state index is 0. The van der Waals surface area contributed by atoms with E-state index in [1.54, 1.807) is 0 Å². The second kappa shape index (κ2) is 12.5. The molecule has 0 aromatic rings. The molecule has 1 rings (SSSR count). The Kier molecular flexibility index (Phi) is 14.0. The van der Waals surface area contributed by atoms with E-state index in [2.05, 4.69) is 24.3 Å². The van der Waals surface area contributed by atoms with Crippen LogP contribution >= 0.6 is 0 Å². The number of hydrogen-bond acceptors (Lipinski definition) is 2. The van der Waals surface area contributed by atoms with Gasteiger partial charge in [0.15, 0.2) is 0 Å². The fourth-order valence-electron chi connectivity index (χ4n) is 1.21. The summed E-state index contributed by atoms with van der Waals surface area (Å²) in [5.41, 5.74) is 0. The van der Waals surface area contributed by atoms with Crippen molar-refractivity contribution in [1.29, 1.82) is 0 Å². The van der Waals surface area contributed by atoms with Crippen LogP contribution in [0.4, 0.5) is 0 Å². The summed E-state index contributed by atoms with van der Waals surface area (Å²) in [6.07, 6.45) is 14.1. The van der Waals surface area contributed by atoms with E-state index in [1.807, 2.05) is 0 Å². The fourth-order valence-corrected chi connectivity index (χ4v) is 1.21. The minimum Gasteiger partial charge on any atom is -0.300 e. The van der Waals surface area contributed by atoms with Crippen LogP contribution in [-0.2, 0) is 29.7 Å². The average molecular weight is 401 g/mol. The minimum atomic E-state index is -0.0625. The second-order valence-electron chi connectivity index (χ2n) is 3.68. The molecule has 93 valence electrons. The van der Waals surface area contributed by atoms with E-state index in [9.17, 15) is 9.59 Å². The van der Waals surface area contributed by atoms with Gasteiger partial charge in [0.05, 0.1) is 6.42 Å². The van der Waals surface area contributed by atoms with Crippen molar-refractivity contribution in [2.24, 2.45) is 0 Å². The van der Waals surface area contributed by atoms with Gasteiger partial charge in [-0.3, -0.25) is 9.59 Å². The van der Waals surface area contributed by atoms with Gasteiger partial charge in [-0.25, -0.2) is 0 Å². The van der Waals surface area contributed by atoms with Gasteiger partial charge in [-0.05, 0) is 39.5 Å². The molecule has 0 saturated heterocycles. The molecule has 0 unspecified atom stereocenters. The van der Waals surface area contributed by atoms with Crippen molar-refractivity contribution in [3.63, 3.8) is 0 Å². The van der Waals surface area contributed by atoms with Crippen molar-refractivity contribution >= 4 is 11.6 Å². The van der Waals surface area contributed by atoms with Crippen LogP contribution < -0.4 is 0 Å². The molecule has 0 spiro atoms. The zero-order chi connectivity index (χ0) is 11.5. The zero-order valence-corrected chi connectivity index (χ0v) is 12.4. The molecule has 0 heterocycles. The molecule has 0 aliphatic heterocycles. The maximum atomic E-state index is 10.0. The zero-order valence-electron chi connectivity index (χ0n) is 9.99. The summed E-state index contributed by atoms with van der Waals surface area (Å²) in [7, 11) is 0. The Labute approximate surface area is 112 Å². The molecule has 0 fully saturated rings. The van der Waals surface area contributed by atoms with E-state index >= 15 is 0 Å². The van der Waals surface area contributed by atoms with Crippen LogP contribution in [0.15, 0.2) is 24.3 Å². The monoisotopic (exact) mass is 401 g/mol. The molecular weight excluding hydrogens is 380 g/mol. The predicted octanol–water partition coefficient (Wildman–Crippen LogP) is 3.22. The van der Waals surface area contributed by atoms with Crippen molar-refractivity contribution in [1.82, 2.24) is 0 Å². The van der Waals surface area contributed by atoms with Crippen molar-refractivity contribution in [3.8, 4) is 0 Å². The number of Topliss-reactive ketones (excluding diaryl/α,β-unsaturated/α-hetero) is 2. The van der Waals surface area contributed by atoms with Crippen molar-refractivity contribution in [3.05, 3.63) is 24.3 Å². The molecule has 16 heavy (non-hydrogen) atoms. The molecular formula is C13H20IrO2. The largest absolute Gasteiger partial charge is 0.300 e. The molecule has 1 aliphatic rings. The number of carbonyl (C=O) groups is 2. The molecule has 1 aliphatic carbocycles. The molecule has 0 bridgehead atoms. The first-order chi connectivity index (χ1) is 7.13. The molecule has 0 aromatic heterocycles. The number of carbonyl (C=O) groups excluding carboxylic acids is 2. The summed E-state index contributed by atoms with van der Waals surface area (Å²) >= 11 is 0. The van der Waals surface area contributed by atoms with Gasteiger partial charge in [0.1, 0.15) is 11.6 Å². The van der Waals surface area contributed by atoms with Crippen molar-refractivity contribution in [2.75, 3.05) is 0 Å². The van der Waals surface area contributed by atoms with E-state index in [4.69, 9.17) is 0 Å². The summed E-state index contributed by atoms with van der Waals surface area (Å²) in [6, 6.07) is 0. The molecule has 0 saturated carbocycles. The summed E-state index contributed by atoms with van der Waals surface area (Å²) in [4.78, 5) is 20.1. The van der Waals surface area contributed by atoms with E-state index in [1.165, 1.54) is 39.5 Å². The molecule has 3 heteroatoms. The van der Waals surface area contributed by atoms with Crippen LogP contribution in [0.1, 0.15) is 46.0 Å². The first kappa shape index (κ1) is 17.9. The Bertz CT molecular complexity index is 217. The van der Waals surface area contributed by atoms with E-state index in [-0.39, 0.29) is 38.1 Å². The first-order valence-corrected chi connectivity index (χ1v) is 5.42. The normalized spacial score (nSPS) is 13.6.